The molecule has 0 N–H and O–H groups in total. The number of hydrogen-bond acceptors (Lipinski definition) is 2. The molecule has 2 rings (SSSR count). The Hall–Kier alpha value is -1.18. The zero-order valence-corrected chi connectivity index (χ0v) is 8.28. The molecule has 74 valence electrons. The van der Waals surface area contributed by atoms with E-state index in [-0.39, 0.29) is 5.92 Å². The van der Waals surface area contributed by atoms with E-state index in [2.05, 4.69) is 4.98 Å². The van der Waals surface area contributed by atoms with Gasteiger partial charge in [-0.1, -0.05) is 12.8 Å². The third kappa shape index (κ3) is 2.00. The van der Waals surface area contributed by atoms with Crippen LogP contribution >= 0.6 is 0 Å². The highest BCUT2D eigenvalue weighted by molar-refractivity contribution is 5.85. The van der Waals surface area contributed by atoms with Crippen LogP contribution in [0.5, 0.6) is 0 Å². The van der Waals surface area contributed by atoms with Crippen LogP contribution in [0.3, 0.4) is 0 Å². The molecule has 1 aromatic heterocycles. The predicted molar refractivity (Wildman–Crippen MR) is 55.1 cm³/mol. The lowest BCUT2D eigenvalue weighted by atomic mass is 9.91. The summed E-state index contributed by atoms with van der Waals surface area (Å²) in [5.41, 5.74) is 1.15. The maximum absolute atomic E-state index is 11.8. The first-order valence-electron chi connectivity index (χ1n) is 5.30. The molecule has 14 heavy (non-hydrogen) atoms. The average molecular weight is 189 g/mol. The van der Waals surface area contributed by atoms with Crippen molar-refractivity contribution in [1.29, 1.82) is 0 Å². The first-order chi connectivity index (χ1) is 6.88. The van der Waals surface area contributed by atoms with Crippen molar-refractivity contribution in [1.82, 2.24) is 4.98 Å². The third-order valence-corrected chi connectivity index (χ3v) is 2.91. The van der Waals surface area contributed by atoms with E-state index in [0.29, 0.717) is 5.78 Å². The molecule has 1 heterocycles. The topological polar surface area (TPSA) is 30.0 Å². The van der Waals surface area contributed by atoms with Crippen LogP contribution in [0, 0.1) is 0 Å². The molecule has 1 atom stereocenters. The summed E-state index contributed by atoms with van der Waals surface area (Å²) in [7, 11) is 0. The van der Waals surface area contributed by atoms with Crippen LogP contribution in [0.15, 0.2) is 24.5 Å². The minimum atomic E-state index is 0.139. The molecule has 0 saturated heterocycles. The largest absolute Gasteiger partial charge is 0.299 e. The lowest BCUT2D eigenvalue weighted by Crippen LogP contribution is -2.10. The standard InChI is InChI=1S/C12H15NO/c14-12-5-3-1-2-4-11(12)10-6-8-13-9-7-10/h6-9,11H,1-5H2. The Balaban J connectivity index is 2.19. The van der Waals surface area contributed by atoms with Gasteiger partial charge in [0.25, 0.3) is 0 Å². The van der Waals surface area contributed by atoms with Gasteiger partial charge in [0.1, 0.15) is 5.78 Å². The van der Waals surface area contributed by atoms with Gasteiger partial charge < -0.3 is 0 Å². The van der Waals surface area contributed by atoms with Crippen LogP contribution in [-0.2, 0) is 4.79 Å². The number of aromatic nitrogens is 1. The molecule has 1 aliphatic carbocycles. The normalized spacial score (nSPS) is 23.1. The Morgan fingerprint density at radius 2 is 1.93 bits per heavy atom. The van der Waals surface area contributed by atoms with Crippen molar-refractivity contribution in [3.05, 3.63) is 30.1 Å². The summed E-state index contributed by atoms with van der Waals surface area (Å²) >= 11 is 0. The molecule has 0 aromatic carbocycles. The number of rotatable bonds is 1. The Morgan fingerprint density at radius 3 is 2.71 bits per heavy atom. The number of ketones is 1. The summed E-state index contributed by atoms with van der Waals surface area (Å²) in [6.45, 7) is 0. The van der Waals surface area contributed by atoms with Crippen molar-refractivity contribution >= 4 is 5.78 Å². The Morgan fingerprint density at radius 1 is 1.14 bits per heavy atom. The SMILES string of the molecule is O=C1CCCCCC1c1ccncc1. The lowest BCUT2D eigenvalue weighted by molar-refractivity contribution is -0.120. The molecule has 1 aliphatic rings. The molecular formula is C12H15NO. The number of carbonyl (C=O) groups excluding carboxylic acids is 1. The summed E-state index contributed by atoms with van der Waals surface area (Å²) in [6, 6.07) is 3.93. The Kier molecular flexibility index (Phi) is 2.92. The molecule has 2 nitrogen and oxygen atoms in total. The summed E-state index contributed by atoms with van der Waals surface area (Å²) in [6.07, 6.45) is 8.77. The number of nitrogens with zero attached hydrogens (tertiary/aromatic N) is 1. The van der Waals surface area contributed by atoms with Gasteiger partial charge in [-0.15, -0.1) is 0 Å². The Labute approximate surface area is 84.4 Å². The van der Waals surface area contributed by atoms with Crippen molar-refractivity contribution in [2.45, 2.75) is 38.0 Å². The second-order valence-electron chi connectivity index (χ2n) is 3.90. The van der Waals surface area contributed by atoms with E-state index in [1.807, 2.05) is 12.1 Å². The first kappa shape index (κ1) is 9.38. The van der Waals surface area contributed by atoms with Crippen molar-refractivity contribution in [2.75, 3.05) is 0 Å². The van der Waals surface area contributed by atoms with Crippen molar-refractivity contribution < 1.29 is 4.79 Å². The number of carbonyl (C=O) groups is 1. The minimum Gasteiger partial charge on any atom is -0.299 e. The smallest absolute Gasteiger partial charge is 0.140 e. The second kappa shape index (κ2) is 4.36. The molecule has 1 fully saturated rings. The van der Waals surface area contributed by atoms with Gasteiger partial charge in [0.05, 0.1) is 0 Å². The molecule has 0 bridgehead atoms. The highest BCUT2D eigenvalue weighted by Gasteiger charge is 2.21. The molecule has 1 aromatic rings. The molecule has 0 aliphatic heterocycles. The lowest BCUT2D eigenvalue weighted by Gasteiger charge is -2.12. The van der Waals surface area contributed by atoms with Crippen LogP contribution in [0.2, 0.25) is 0 Å². The second-order valence-corrected chi connectivity index (χ2v) is 3.90. The summed E-state index contributed by atoms with van der Waals surface area (Å²) in [5, 5.41) is 0. The third-order valence-electron chi connectivity index (χ3n) is 2.91. The quantitative estimate of drug-likeness (QED) is 0.636. The van der Waals surface area contributed by atoms with Gasteiger partial charge in [-0.3, -0.25) is 9.78 Å². The highest BCUT2D eigenvalue weighted by Crippen LogP contribution is 2.28. The molecule has 2 heteroatoms. The van der Waals surface area contributed by atoms with E-state index >= 15 is 0 Å². The highest BCUT2D eigenvalue weighted by atomic mass is 16.1. The zero-order valence-electron chi connectivity index (χ0n) is 8.28. The first-order valence-corrected chi connectivity index (χ1v) is 5.30. The van der Waals surface area contributed by atoms with Gasteiger partial charge >= 0.3 is 0 Å². The average Bonchev–Trinajstić information content (AvgIpc) is 2.44. The van der Waals surface area contributed by atoms with Gasteiger partial charge in [-0.05, 0) is 30.5 Å². The van der Waals surface area contributed by atoms with E-state index in [1.165, 1.54) is 12.8 Å². The maximum Gasteiger partial charge on any atom is 0.140 e. The van der Waals surface area contributed by atoms with E-state index < -0.39 is 0 Å². The van der Waals surface area contributed by atoms with Gasteiger partial charge in [-0.25, -0.2) is 0 Å². The molecule has 0 radical (unpaired) electrons. The fourth-order valence-electron chi connectivity index (χ4n) is 2.11. The molecule has 0 spiro atoms. The molecular weight excluding hydrogens is 174 g/mol. The van der Waals surface area contributed by atoms with Crippen LogP contribution in [0.25, 0.3) is 0 Å². The van der Waals surface area contributed by atoms with Gasteiger partial charge in [0.15, 0.2) is 0 Å². The molecule has 1 unspecified atom stereocenters. The zero-order chi connectivity index (χ0) is 9.80. The van der Waals surface area contributed by atoms with Crippen LogP contribution in [0.1, 0.15) is 43.6 Å². The Bertz CT molecular complexity index is 307. The number of Topliss-reactive ketones (excluding diaryl/α,β-unsaturated/α-hetero) is 1. The van der Waals surface area contributed by atoms with Crippen molar-refractivity contribution in [3.63, 3.8) is 0 Å². The number of pyridine rings is 1. The minimum absolute atomic E-state index is 0.139. The summed E-state index contributed by atoms with van der Waals surface area (Å²) < 4.78 is 0. The van der Waals surface area contributed by atoms with E-state index in [1.54, 1.807) is 12.4 Å². The fraction of sp³-hybridized carbons (Fsp3) is 0.500. The van der Waals surface area contributed by atoms with E-state index in [4.69, 9.17) is 0 Å². The predicted octanol–water partition coefficient (Wildman–Crippen LogP) is 2.70. The van der Waals surface area contributed by atoms with Crippen molar-refractivity contribution in [3.8, 4) is 0 Å². The van der Waals surface area contributed by atoms with E-state index in [0.717, 1.165) is 24.8 Å². The van der Waals surface area contributed by atoms with Gasteiger partial charge in [0.2, 0.25) is 0 Å². The van der Waals surface area contributed by atoms with Crippen LogP contribution in [0.4, 0.5) is 0 Å². The monoisotopic (exact) mass is 189 g/mol. The maximum atomic E-state index is 11.8. The molecule has 1 saturated carbocycles. The number of hydrogen-bond donors (Lipinski definition) is 0. The van der Waals surface area contributed by atoms with Crippen LogP contribution < -0.4 is 0 Å². The van der Waals surface area contributed by atoms with Crippen molar-refractivity contribution in [2.24, 2.45) is 0 Å². The van der Waals surface area contributed by atoms with Gasteiger partial charge in [0, 0.05) is 24.7 Å². The van der Waals surface area contributed by atoms with Gasteiger partial charge in [-0.2, -0.15) is 0 Å². The van der Waals surface area contributed by atoms with E-state index in [9.17, 15) is 4.79 Å². The molecule has 0 amide bonds. The van der Waals surface area contributed by atoms with Crippen LogP contribution in [-0.4, -0.2) is 10.8 Å². The fourth-order valence-corrected chi connectivity index (χ4v) is 2.11. The summed E-state index contributed by atoms with van der Waals surface area (Å²) in [5.74, 6) is 0.550. The summed E-state index contributed by atoms with van der Waals surface area (Å²) in [4.78, 5) is 15.8.